The van der Waals surface area contributed by atoms with Crippen LogP contribution in [0.4, 0.5) is 14.6 Å². The molecule has 1 amide bonds. The van der Waals surface area contributed by atoms with Gasteiger partial charge < -0.3 is 14.6 Å². The molecule has 5 nitrogen and oxygen atoms in total. The predicted octanol–water partition coefficient (Wildman–Crippen LogP) is 4.43. The van der Waals surface area contributed by atoms with Crippen molar-refractivity contribution in [3.63, 3.8) is 0 Å². The van der Waals surface area contributed by atoms with Crippen molar-refractivity contribution in [1.29, 1.82) is 5.26 Å². The molecule has 1 N–H and O–H groups in total. The Bertz CT molecular complexity index is 993. The maximum absolute atomic E-state index is 13.4. The van der Waals surface area contributed by atoms with Gasteiger partial charge in [0.2, 0.25) is 5.91 Å². The van der Waals surface area contributed by atoms with E-state index in [9.17, 15) is 18.8 Å². The molecule has 4 rings (SSSR count). The summed E-state index contributed by atoms with van der Waals surface area (Å²) in [6.45, 7) is 1.36. The lowest BCUT2D eigenvalue weighted by Gasteiger charge is -2.19. The largest absolute Gasteiger partial charge is 0.376 e. The molecule has 1 unspecified atom stereocenters. The molecule has 0 bridgehead atoms. The second-order valence-electron chi connectivity index (χ2n) is 7.63. The van der Waals surface area contributed by atoms with Gasteiger partial charge in [0.1, 0.15) is 11.9 Å². The zero-order chi connectivity index (χ0) is 21.1. The maximum atomic E-state index is 13.4. The van der Waals surface area contributed by atoms with Gasteiger partial charge in [-0.05, 0) is 62.3 Å². The van der Waals surface area contributed by atoms with E-state index in [1.54, 1.807) is 0 Å². The van der Waals surface area contributed by atoms with Crippen molar-refractivity contribution < 1.29 is 18.3 Å². The SMILES string of the molecule is N#Cc1c2c(n(CC3CCCO3)c1NC(=O)CSc1ccc(F)c(F)c1)CCCC2. The van der Waals surface area contributed by atoms with E-state index in [1.807, 2.05) is 0 Å². The topological polar surface area (TPSA) is 67.1 Å². The average Bonchev–Trinajstić information content (AvgIpc) is 3.36. The van der Waals surface area contributed by atoms with E-state index in [4.69, 9.17) is 4.74 Å². The minimum Gasteiger partial charge on any atom is -0.376 e. The lowest BCUT2D eigenvalue weighted by atomic mass is 9.95. The third kappa shape index (κ3) is 4.37. The van der Waals surface area contributed by atoms with Crippen molar-refractivity contribution in [2.24, 2.45) is 0 Å². The minimum absolute atomic E-state index is 0.0334. The number of anilines is 1. The van der Waals surface area contributed by atoms with Gasteiger partial charge in [-0.3, -0.25) is 4.79 Å². The number of nitrogens with zero attached hydrogens (tertiary/aromatic N) is 2. The van der Waals surface area contributed by atoms with Gasteiger partial charge in [0.15, 0.2) is 11.6 Å². The number of thioether (sulfide) groups is 1. The molecule has 30 heavy (non-hydrogen) atoms. The molecule has 158 valence electrons. The zero-order valence-electron chi connectivity index (χ0n) is 16.5. The number of fused-ring (bicyclic) bond motifs is 1. The second-order valence-corrected chi connectivity index (χ2v) is 8.67. The molecule has 2 heterocycles. The first-order chi connectivity index (χ1) is 14.6. The van der Waals surface area contributed by atoms with Crippen LogP contribution in [0.5, 0.6) is 0 Å². The van der Waals surface area contributed by atoms with Crippen molar-refractivity contribution >= 4 is 23.5 Å². The molecule has 2 aliphatic rings. The number of ether oxygens (including phenoxy) is 1. The molecule has 0 spiro atoms. The summed E-state index contributed by atoms with van der Waals surface area (Å²) in [5.74, 6) is -1.57. The normalized spacial score (nSPS) is 18.1. The van der Waals surface area contributed by atoms with Gasteiger partial charge in [0, 0.05) is 17.2 Å². The van der Waals surface area contributed by atoms with Gasteiger partial charge in [-0.2, -0.15) is 5.26 Å². The van der Waals surface area contributed by atoms with E-state index in [0.29, 0.717) is 22.8 Å². The van der Waals surface area contributed by atoms with Gasteiger partial charge in [-0.25, -0.2) is 8.78 Å². The van der Waals surface area contributed by atoms with E-state index < -0.39 is 11.6 Å². The molecule has 1 fully saturated rings. The lowest BCUT2D eigenvalue weighted by Crippen LogP contribution is -2.23. The summed E-state index contributed by atoms with van der Waals surface area (Å²) in [5, 5.41) is 12.7. The van der Waals surface area contributed by atoms with Crippen LogP contribution < -0.4 is 5.32 Å². The third-order valence-electron chi connectivity index (χ3n) is 5.61. The molecule has 2 aromatic rings. The van der Waals surface area contributed by atoms with Crippen molar-refractivity contribution in [3.05, 3.63) is 46.7 Å². The summed E-state index contributed by atoms with van der Waals surface area (Å²) in [6.07, 6.45) is 5.89. The van der Waals surface area contributed by atoms with Crippen molar-refractivity contribution in [1.82, 2.24) is 4.57 Å². The number of hydrogen-bond acceptors (Lipinski definition) is 4. The summed E-state index contributed by atoms with van der Waals surface area (Å²) < 4.78 is 34.3. The van der Waals surface area contributed by atoms with Crippen LogP contribution in [0.3, 0.4) is 0 Å². The smallest absolute Gasteiger partial charge is 0.235 e. The number of rotatable bonds is 6. The first kappa shape index (κ1) is 20.9. The Hall–Kier alpha value is -2.37. The number of nitriles is 1. The lowest BCUT2D eigenvalue weighted by molar-refractivity contribution is -0.113. The Morgan fingerprint density at radius 2 is 2.10 bits per heavy atom. The molecule has 8 heteroatoms. The number of aromatic nitrogens is 1. The predicted molar refractivity (Wildman–Crippen MR) is 110 cm³/mol. The summed E-state index contributed by atoms with van der Waals surface area (Å²) in [4.78, 5) is 13.1. The molecule has 0 radical (unpaired) electrons. The van der Waals surface area contributed by atoms with Crippen LogP contribution in [0.25, 0.3) is 0 Å². The number of benzene rings is 1. The fourth-order valence-corrected chi connectivity index (χ4v) is 4.92. The van der Waals surface area contributed by atoms with Crippen LogP contribution in [0.2, 0.25) is 0 Å². The van der Waals surface area contributed by atoms with Crippen molar-refractivity contribution in [2.45, 2.75) is 56.1 Å². The second kappa shape index (κ2) is 9.19. The highest BCUT2D eigenvalue weighted by Gasteiger charge is 2.28. The molecule has 1 aromatic carbocycles. The summed E-state index contributed by atoms with van der Waals surface area (Å²) in [7, 11) is 0. The molecule has 1 aliphatic heterocycles. The maximum Gasteiger partial charge on any atom is 0.235 e. The van der Waals surface area contributed by atoms with Gasteiger partial charge in [0.05, 0.1) is 24.0 Å². The van der Waals surface area contributed by atoms with Crippen LogP contribution in [0.15, 0.2) is 23.1 Å². The molecule has 0 saturated carbocycles. The number of halogens is 2. The summed E-state index contributed by atoms with van der Waals surface area (Å²) >= 11 is 1.12. The standard InChI is InChI=1S/C22H23F2N3O2S/c23-18-8-7-15(10-19(18)24)30-13-21(28)26-22-17(11-25)16-5-1-2-6-20(16)27(22)12-14-4-3-9-29-14/h7-8,10,14H,1-6,9,12-13H2,(H,26,28). The molecule has 1 aliphatic carbocycles. The van der Waals surface area contributed by atoms with Crippen LogP contribution in [-0.2, 0) is 28.9 Å². The number of hydrogen-bond donors (Lipinski definition) is 1. The highest BCUT2D eigenvalue weighted by atomic mass is 32.2. The Labute approximate surface area is 178 Å². The highest BCUT2D eigenvalue weighted by molar-refractivity contribution is 8.00. The van der Waals surface area contributed by atoms with E-state index >= 15 is 0 Å². The van der Waals surface area contributed by atoms with Crippen LogP contribution >= 0.6 is 11.8 Å². The van der Waals surface area contributed by atoms with Crippen molar-refractivity contribution in [3.8, 4) is 6.07 Å². The molecular formula is C22H23F2N3O2S. The Balaban J connectivity index is 1.54. The summed E-state index contributed by atoms with van der Waals surface area (Å²) in [5.41, 5.74) is 2.69. The van der Waals surface area contributed by atoms with Gasteiger partial charge >= 0.3 is 0 Å². The van der Waals surface area contributed by atoms with Crippen LogP contribution in [-0.4, -0.2) is 28.9 Å². The van der Waals surface area contributed by atoms with Gasteiger partial charge in [-0.1, -0.05) is 0 Å². The first-order valence-corrected chi connectivity index (χ1v) is 11.2. The fourth-order valence-electron chi connectivity index (χ4n) is 4.20. The molecule has 1 aromatic heterocycles. The van der Waals surface area contributed by atoms with E-state index in [-0.39, 0.29) is 17.8 Å². The third-order valence-corrected chi connectivity index (χ3v) is 6.61. The average molecular weight is 432 g/mol. The Kier molecular flexibility index (Phi) is 6.40. The van der Waals surface area contributed by atoms with Gasteiger partial charge in [-0.15, -0.1) is 11.8 Å². The molecule has 1 saturated heterocycles. The first-order valence-electron chi connectivity index (χ1n) is 10.2. The van der Waals surface area contributed by atoms with E-state index in [2.05, 4.69) is 16.0 Å². The van der Waals surface area contributed by atoms with Crippen LogP contribution in [0.1, 0.15) is 42.5 Å². The molecule has 1 atom stereocenters. The van der Waals surface area contributed by atoms with E-state index in [0.717, 1.165) is 80.3 Å². The number of carbonyl (C=O) groups is 1. The zero-order valence-corrected chi connectivity index (χ0v) is 17.4. The van der Waals surface area contributed by atoms with Crippen molar-refractivity contribution in [2.75, 3.05) is 17.7 Å². The molecular weight excluding hydrogens is 408 g/mol. The Morgan fingerprint density at radius 3 is 2.83 bits per heavy atom. The number of amides is 1. The minimum atomic E-state index is -0.940. The monoisotopic (exact) mass is 431 g/mol. The summed E-state index contributed by atoms with van der Waals surface area (Å²) in [6, 6.07) is 5.85. The quantitative estimate of drug-likeness (QED) is 0.688. The fraction of sp³-hybridized carbons (Fsp3) is 0.455. The number of carbonyl (C=O) groups excluding carboxylic acids is 1. The number of nitrogens with one attached hydrogen (secondary N) is 1. The van der Waals surface area contributed by atoms with Crippen LogP contribution in [0, 0.1) is 23.0 Å². The van der Waals surface area contributed by atoms with E-state index in [1.165, 1.54) is 6.07 Å². The Morgan fingerprint density at radius 1 is 1.27 bits per heavy atom. The van der Waals surface area contributed by atoms with Gasteiger partial charge in [0.25, 0.3) is 0 Å². The highest BCUT2D eigenvalue weighted by Crippen LogP contribution is 2.34.